The van der Waals surface area contributed by atoms with Crippen LogP contribution < -0.4 is 5.32 Å². The number of rotatable bonds is 2. The van der Waals surface area contributed by atoms with Gasteiger partial charge in [-0.1, -0.05) is 18.2 Å². The third-order valence-electron chi connectivity index (χ3n) is 5.26. The number of benzene rings is 1. The third-order valence-corrected chi connectivity index (χ3v) is 5.26. The SMILES string of the molecule is Cc1nccn1[C@H]1CCCN(C(=O)[C@H]2CC(=O)Nc3ccccc32)C1. The van der Waals surface area contributed by atoms with Crippen molar-refractivity contribution in [1.29, 1.82) is 0 Å². The molecular formula is C19H22N4O2. The molecule has 2 aliphatic heterocycles. The number of fused-ring (bicyclic) bond motifs is 1. The highest BCUT2D eigenvalue weighted by molar-refractivity contribution is 6.01. The van der Waals surface area contributed by atoms with Crippen molar-refractivity contribution in [2.24, 2.45) is 0 Å². The zero-order chi connectivity index (χ0) is 17.4. The first-order valence-corrected chi connectivity index (χ1v) is 8.80. The number of anilines is 1. The third kappa shape index (κ3) is 2.92. The largest absolute Gasteiger partial charge is 0.340 e. The minimum Gasteiger partial charge on any atom is -0.340 e. The van der Waals surface area contributed by atoms with E-state index in [9.17, 15) is 9.59 Å². The molecule has 0 spiro atoms. The van der Waals surface area contributed by atoms with E-state index in [0.29, 0.717) is 6.54 Å². The Balaban J connectivity index is 1.57. The minimum absolute atomic E-state index is 0.0600. The van der Waals surface area contributed by atoms with E-state index >= 15 is 0 Å². The van der Waals surface area contributed by atoms with E-state index in [1.54, 1.807) is 6.20 Å². The average Bonchev–Trinajstić information content (AvgIpc) is 3.06. The van der Waals surface area contributed by atoms with E-state index in [-0.39, 0.29) is 30.2 Å². The van der Waals surface area contributed by atoms with Crippen molar-refractivity contribution in [2.75, 3.05) is 18.4 Å². The van der Waals surface area contributed by atoms with Crippen molar-refractivity contribution in [1.82, 2.24) is 14.5 Å². The molecule has 1 fully saturated rings. The maximum atomic E-state index is 13.2. The number of aromatic nitrogens is 2. The molecule has 2 amide bonds. The fraction of sp³-hybridized carbons (Fsp3) is 0.421. The predicted molar refractivity (Wildman–Crippen MR) is 94.2 cm³/mol. The van der Waals surface area contributed by atoms with Gasteiger partial charge in [0, 0.05) is 37.6 Å². The predicted octanol–water partition coefficient (Wildman–Crippen LogP) is 2.48. The van der Waals surface area contributed by atoms with Gasteiger partial charge in [0.2, 0.25) is 11.8 Å². The molecule has 0 saturated carbocycles. The second-order valence-electron chi connectivity index (χ2n) is 6.85. The Morgan fingerprint density at radius 1 is 1.32 bits per heavy atom. The Kier molecular flexibility index (Phi) is 4.03. The number of carbonyl (C=O) groups excluding carboxylic acids is 2. The number of hydrogen-bond acceptors (Lipinski definition) is 3. The number of nitrogens with zero attached hydrogens (tertiary/aromatic N) is 3. The van der Waals surface area contributed by atoms with Crippen LogP contribution in [0.4, 0.5) is 5.69 Å². The molecule has 1 aromatic carbocycles. The highest BCUT2D eigenvalue weighted by Crippen LogP contribution is 2.34. The van der Waals surface area contributed by atoms with Gasteiger partial charge in [0.05, 0.1) is 12.0 Å². The number of carbonyl (C=O) groups is 2. The zero-order valence-electron chi connectivity index (χ0n) is 14.3. The van der Waals surface area contributed by atoms with Gasteiger partial charge in [0.25, 0.3) is 0 Å². The molecule has 1 saturated heterocycles. The Hall–Kier alpha value is -2.63. The molecule has 25 heavy (non-hydrogen) atoms. The number of hydrogen-bond donors (Lipinski definition) is 1. The van der Waals surface area contributed by atoms with E-state index in [1.165, 1.54) is 0 Å². The summed E-state index contributed by atoms with van der Waals surface area (Å²) < 4.78 is 2.15. The Morgan fingerprint density at radius 2 is 2.16 bits per heavy atom. The highest BCUT2D eigenvalue weighted by atomic mass is 16.2. The summed E-state index contributed by atoms with van der Waals surface area (Å²) in [4.78, 5) is 31.4. The molecule has 130 valence electrons. The van der Waals surface area contributed by atoms with Gasteiger partial charge < -0.3 is 14.8 Å². The number of amides is 2. The van der Waals surface area contributed by atoms with Gasteiger partial charge in [-0.3, -0.25) is 9.59 Å². The molecule has 0 radical (unpaired) electrons. The molecule has 0 aliphatic carbocycles. The molecule has 2 aliphatic rings. The van der Waals surface area contributed by atoms with Crippen LogP contribution in [0.3, 0.4) is 0 Å². The maximum absolute atomic E-state index is 13.2. The van der Waals surface area contributed by atoms with Crippen molar-refractivity contribution in [3.63, 3.8) is 0 Å². The van der Waals surface area contributed by atoms with Crippen molar-refractivity contribution in [3.8, 4) is 0 Å². The lowest BCUT2D eigenvalue weighted by Crippen LogP contribution is -2.44. The van der Waals surface area contributed by atoms with Crippen molar-refractivity contribution in [2.45, 2.75) is 38.1 Å². The summed E-state index contributed by atoms with van der Waals surface area (Å²) in [5.74, 6) is 0.565. The van der Waals surface area contributed by atoms with E-state index in [0.717, 1.165) is 36.5 Å². The smallest absolute Gasteiger partial charge is 0.230 e. The van der Waals surface area contributed by atoms with Gasteiger partial charge in [-0.25, -0.2) is 4.98 Å². The lowest BCUT2D eigenvalue weighted by Gasteiger charge is -2.37. The molecular weight excluding hydrogens is 316 g/mol. The van der Waals surface area contributed by atoms with Crippen molar-refractivity contribution < 1.29 is 9.59 Å². The summed E-state index contributed by atoms with van der Waals surface area (Å²) >= 11 is 0. The molecule has 0 bridgehead atoms. The number of imidazole rings is 1. The van der Waals surface area contributed by atoms with Crippen LogP contribution >= 0.6 is 0 Å². The van der Waals surface area contributed by atoms with E-state index in [2.05, 4.69) is 14.9 Å². The van der Waals surface area contributed by atoms with E-state index in [1.807, 2.05) is 42.3 Å². The normalized spacial score (nSPS) is 23.1. The Morgan fingerprint density at radius 3 is 2.96 bits per heavy atom. The fourth-order valence-electron chi connectivity index (χ4n) is 4.01. The van der Waals surface area contributed by atoms with E-state index < -0.39 is 0 Å². The molecule has 1 aromatic heterocycles. The summed E-state index contributed by atoms with van der Waals surface area (Å²) in [5, 5.41) is 2.86. The van der Waals surface area contributed by atoms with Crippen LogP contribution in [0, 0.1) is 6.92 Å². The van der Waals surface area contributed by atoms with Crippen molar-refractivity contribution >= 4 is 17.5 Å². The second kappa shape index (κ2) is 6.35. The maximum Gasteiger partial charge on any atom is 0.230 e. The van der Waals surface area contributed by atoms with Gasteiger partial charge in [0.1, 0.15) is 5.82 Å². The first-order valence-electron chi connectivity index (χ1n) is 8.80. The van der Waals surface area contributed by atoms with Crippen LogP contribution in [0.1, 0.15) is 42.6 Å². The molecule has 2 atom stereocenters. The topological polar surface area (TPSA) is 67.2 Å². The molecule has 6 nitrogen and oxygen atoms in total. The van der Waals surface area contributed by atoms with Gasteiger partial charge in [0.15, 0.2) is 0 Å². The quantitative estimate of drug-likeness (QED) is 0.915. The van der Waals surface area contributed by atoms with Crippen LogP contribution in [0.15, 0.2) is 36.7 Å². The fourth-order valence-corrected chi connectivity index (χ4v) is 4.01. The molecule has 0 unspecified atom stereocenters. The number of nitrogens with one attached hydrogen (secondary N) is 1. The first kappa shape index (κ1) is 15.9. The molecule has 1 N–H and O–H groups in total. The van der Waals surface area contributed by atoms with Crippen LogP contribution in [0.2, 0.25) is 0 Å². The van der Waals surface area contributed by atoms with Crippen LogP contribution in [-0.2, 0) is 9.59 Å². The lowest BCUT2D eigenvalue weighted by molar-refractivity contribution is -0.136. The first-order chi connectivity index (χ1) is 12.1. The average molecular weight is 338 g/mol. The summed E-state index contributed by atoms with van der Waals surface area (Å²) in [6, 6.07) is 7.86. The standard InChI is InChI=1S/C19H22N4O2/c1-13-20-8-10-23(13)14-5-4-9-22(12-14)19(25)16-11-18(24)21-17-7-3-2-6-15(16)17/h2-3,6-8,10,14,16H,4-5,9,11-12H2,1H3,(H,21,24)/t14-,16-/m0/s1. The van der Waals surface area contributed by atoms with Gasteiger partial charge in [-0.15, -0.1) is 0 Å². The lowest BCUT2D eigenvalue weighted by atomic mass is 9.88. The van der Waals surface area contributed by atoms with Gasteiger partial charge in [-0.05, 0) is 31.4 Å². The summed E-state index contributed by atoms with van der Waals surface area (Å²) in [5.41, 5.74) is 1.68. The van der Waals surface area contributed by atoms with Crippen molar-refractivity contribution in [3.05, 3.63) is 48.0 Å². The summed E-state index contributed by atoms with van der Waals surface area (Å²) in [7, 11) is 0. The summed E-state index contributed by atoms with van der Waals surface area (Å²) in [6.07, 6.45) is 6.02. The van der Waals surface area contributed by atoms with Crippen LogP contribution in [0.25, 0.3) is 0 Å². The molecule has 4 rings (SSSR count). The monoisotopic (exact) mass is 338 g/mol. The van der Waals surface area contributed by atoms with Crippen LogP contribution in [-0.4, -0.2) is 39.4 Å². The highest BCUT2D eigenvalue weighted by Gasteiger charge is 2.35. The minimum atomic E-state index is -0.382. The second-order valence-corrected chi connectivity index (χ2v) is 6.85. The van der Waals surface area contributed by atoms with Crippen LogP contribution in [0.5, 0.6) is 0 Å². The number of para-hydroxylation sites is 1. The Labute approximate surface area is 146 Å². The van der Waals surface area contributed by atoms with E-state index in [4.69, 9.17) is 0 Å². The number of piperidine rings is 1. The summed E-state index contributed by atoms with van der Waals surface area (Å²) in [6.45, 7) is 3.42. The van der Waals surface area contributed by atoms with Gasteiger partial charge >= 0.3 is 0 Å². The van der Waals surface area contributed by atoms with Gasteiger partial charge in [-0.2, -0.15) is 0 Å². The molecule has 3 heterocycles. The zero-order valence-corrected chi connectivity index (χ0v) is 14.3. The Bertz CT molecular complexity index is 813. The molecule has 6 heteroatoms. The number of aryl methyl sites for hydroxylation is 1. The number of likely N-dealkylation sites (tertiary alicyclic amines) is 1. The molecule has 2 aromatic rings.